The van der Waals surface area contributed by atoms with E-state index >= 15 is 0 Å². The van der Waals surface area contributed by atoms with Crippen molar-refractivity contribution in [2.45, 2.75) is 18.9 Å². The molecule has 90 valence electrons. The number of aliphatic hydroxyl groups is 1. The lowest BCUT2D eigenvalue weighted by Gasteiger charge is -2.11. The Hall–Kier alpha value is -1.68. The lowest BCUT2D eigenvalue weighted by atomic mass is 10.0. The van der Waals surface area contributed by atoms with Gasteiger partial charge in [0.15, 0.2) is 0 Å². The number of hydrogen-bond donors (Lipinski definition) is 1. The minimum absolute atomic E-state index is 0.356. The molecule has 2 aromatic rings. The van der Waals surface area contributed by atoms with Crippen LogP contribution in [-0.4, -0.2) is 14.9 Å². The molecule has 0 radical (unpaired) electrons. The van der Waals surface area contributed by atoms with Crippen molar-refractivity contribution in [2.24, 2.45) is 7.05 Å². The lowest BCUT2D eigenvalue weighted by molar-refractivity contribution is 0.162. The van der Waals surface area contributed by atoms with Crippen LogP contribution in [0.5, 0.6) is 0 Å². The minimum atomic E-state index is -0.772. The van der Waals surface area contributed by atoms with Gasteiger partial charge in [0.25, 0.3) is 0 Å². The average molecular weight is 234 g/mol. The second-order valence-corrected chi connectivity index (χ2v) is 4.02. The van der Waals surface area contributed by atoms with Crippen LogP contribution in [0.4, 0.5) is 4.39 Å². The van der Waals surface area contributed by atoms with E-state index in [1.165, 1.54) is 6.07 Å². The second kappa shape index (κ2) is 5.10. The zero-order valence-corrected chi connectivity index (χ0v) is 9.68. The maximum atomic E-state index is 13.4. The van der Waals surface area contributed by atoms with Crippen LogP contribution in [0.1, 0.15) is 23.8 Å². The van der Waals surface area contributed by atoms with E-state index in [1.807, 2.05) is 13.1 Å². The Morgan fingerprint density at radius 2 is 2.12 bits per heavy atom. The van der Waals surface area contributed by atoms with E-state index < -0.39 is 6.10 Å². The van der Waals surface area contributed by atoms with Crippen LogP contribution in [0.3, 0.4) is 0 Å². The first-order valence-corrected chi connectivity index (χ1v) is 5.58. The first-order chi connectivity index (χ1) is 8.18. The fraction of sp³-hybridized carbons (Fsp3) is 0.308. The van der Waals surface area contributed by atoms with Gasteiger partial charge < -0.3 is 5.11 Å². The van der Waals surface area contributed by atoms with E-state index in [2.05, 4.69) is 5.10 Å². The van der Waals surface area contributed by atoms with E-state index in [0.29, 0.717) is 18.4 Å². The molecule has 0 aliphatic carbocycles. The first-order valence-electron chi connectivity index (χ1n) is 5.58. The maximum Gasteiger partial charge on any atom is 0.128 e. The molecule has 1 atom stereocenters. The summed E-state index contributed by atoms with van der Waals surface area (Å²) in [5.74, 6) is -0.356. The molecule has 0 fully saturated rings. The summed E-state index contributed by atoms with van der Waals surface area (Å²) < 4.78 is 15.2. The number of aryl methyl sites for hydroxylation is 2. The van der Waals surface area contributed by atoms with Gasteiger partial charge in [-0.1, -0.05) is 18.2 Å². The molecule has 3 nitrogen and oxygen atoms in total. The summed E-state index contributed by atoms with van der Waals surface area (Å²) in [5, 5.41) is 14.0. The number of hydrogen-bond acceptors (Lipinski definition) is 2. The summed E-state index contributed by atoms with van der Waals surface area (Å²) in [5.41, 5.74) is 1.38. The molecule has 2 rings (SSSR count). The Morgan fingerprint density at radius 1 is 1.35 bits per heavy atom. The first kappa shape index (κ1) is 11.8. The van der Waals surface area contributed by atoms with Crippen molar-refractivity contribution < 1.29 is 9.50 Å². The average Bonchev–Trinajstić information content (AvgIpc) is 2.72. The van der Waals surface area contributed by atoms with Gasteiger partial charge in [-0.15, -0.1) is 0 Å². The van der Waals surface area contributed by atoms with Crippen molar-refractivity contribution in [3.8, 4) is 0 Å². The van der Waals surface area contributed by atoms with E-state index in [-0.39, 0.29) is 5.82 Å². The molecule has 17 heavy (non-hydrogen) atoms. The highest BCUT2D eigenvalue weighted by molar-refractivity contribution is 5.20. The molecule has 1 N–H and O–H groups in total. The van der Waals surface area contributed by atoms with Gasteiger partial charge in [-0.05, 0) is 25.0 Å². The third-order valence-corrected chi connectivity index (χ3v) is 2.86. The van der Waals surface area contributed by atoms with Crippen molar-refractivity contribution in [3.05, 3.63) is 53.6 Å². The Morgan fingerprint density at radius 3 is 2.76 bits per heavy atom. The van der Waals surface area contributed by atoms with E-state index in [1.54, 1.807) is 29.1 Å². The molecule has 1 aromatic heterocycles. The summed E-state index contributed by atoms with van der Waals surface area (Å²) in [6.45, 7) is 0. The topological polar surface area (TPSA) is 38.0 Å². The third-order valence-electron chi connectivity index (χ3n) is 2.86. The highest BCUT2D eigenvalue weighted by Crippen LogP contribution is 2.21. The number of rotatable bonds is 4. The molecular weight excluding hydrogens is 219 g/mol. The van der Waals surface area contributed by atoms with Gasteiger partial charge in [-0.25, -0.2) is 4.39 Å². The smallest absolute Gasteiger partial charge is 0.128 e. The van der Waals surface area contributed by atoms with Crippen molar-refractivity contribution in [3.63, 3.8) is 0 Å². The van der Waals surface area contributed by atoms with Crippen molar-refractivity contribution >= 4 is 0 Å². The van der Waals surface area contributed by atoms with Crippen molar-refractivity contribution in [2.75, 3.05) is 0 Å². The molecule has 4 heteroatoms. The monoisotopic (exact) mass is 234 g/mol. The minimum Gasteiger partial charge on any atom is -0.388 e. The van der Waals surface area contributed by atoms with Crippen LogP contribution in [0.25, 0.3) is 0 Å². The zero-order chi connectivity index (χ0) is 12.3. The number of benzene rings is 1. The summed E-state index contributed by atoms with van der Waals surface area (Å²) in [6, 6.07) is 8.22. The molecule has 0 saturated carbocycles. The lowest BCUT2D eigenvalue weighted by Crippen LogP contribution is -2.05. The van der Waals surface area contributed by atoms with Gasteiger partial charge in [0.05, 0.1) is 6.10 Å². The van der Waals surface area contributed by atoms with Gasteiger partial charge >= 0.3 is 0 Å². The van der Waals surface area contributed by atoms with Gasteiger partial charge in [0.1, 0.15) is 5.82 Å². The highest BCUT2D eigenvalue weighted by atomic mass is 19.1. The molecule has 0 spiro atoms. The fourth-order valence-electron chi connectivity index (χ4n) is 1.83. The van der Waals surface area contributed by atoms with Crippen molar-refractivity contribution in [1.29, 1.82) is 0 Å². The predicted molar refractivity (Wildman–Crippen MR) is 62.9 cm³/mol. The fourth-order valence-corrected chi connectivity index (χ4v) is 1.83. The van der Waals surface area contributed by atoms with Crippen LogP contribution in [0.2, 0.25) is 0 Å². The standard InChI is InChI=1S/C13H15FN2O/c1-16-10(8-9-15-16)6-7-13(17)11-4-2-3-5-12(11)14/h2-5,8-9,13,17H,6-7H2,1H3. The predicted octanol–water partition coefficient (Wildman–Crippen LogP) is 2.23. The van der Waals surface area contributed by atoms with Crippen molar-refractivity contribution in [1.82, 2.24) is 9.78 Å². The quantitative estimate of drug-likeness (QED) is 0.880. The Kier molecular flexibility index (Phi) is 3.54. The number of aromatic nitrogens is 2. The van der Waals surface area contributed by atoms with Gasteiger partial charge in [0.2, 0.25) is 0 Å². The van der Waals surface area contributed by atoms with Crippen LogP contribution in [-0.2, 0) is 13.5 Å². The Balaban J connectivity index is 2.01. The molecule has 0 aliphatic rings. The molecule has 1 heterocycles. The number of aliphatic hydroxyl groups excluding tert-OH is 1. The molecule has 0 amide bonds. The van der Waals surface area contributed by atoms with E-state index in [0.717, 1.165) is 5.69 Å². The van der Waals surface area contributed by atoms with Gasteiger partial charge in [-0.3, -0.25) is 4.68 Å². The molecule has 0 saturated heterocycles. The van der Waals surface area contributed by atoms with E-state index in [4.69, 9.17) is 0 Å². The number of nitrogens with zero attached hydrogens (tertiary/aromatic N) is 2. The number of halogens is 1. The van der Waals surface area contributed by atoms with Crippen LogP contribution >= 0.6 is 0 Å². The van der Waals surface area contributed by atoms with Gasteiger partial charge in [-0.2, -0.15) is 5.10 Å². The summed E-state index contributed by atoms with van der Waals surface area (Å²) in [6.07, 6.45) is 2.10. The molecule has 1 unspecified atom stereocenters. The molecule has 0 bridgehead atoms. The third kappa shape index (κ3) is 2.71. The second-order valence-electron chi connectivity index (χ2n) is 4.02. The van der Waals surface area contributed by atoms with Crippen LogP contribution in [0.15, 0.2) is 36.5 Å². The maximum absolute atomic E-state index is 13.4. The summed E-state index contributed by atoms with van der Waals surface area (Å²) in [7, 11) is 1.85. The molecule has 1 aromatic carbocycles. The Bertz CT molecular complexity index is 496. The summed E-state index contributed by atoms with van der Waals surface area (Å²) in [4.78, 5) is 0. The van der Waals surface area contributed by atoms with Crippen LogP contribution < -0.4 is 0 Å². The summed E-state index contributed by atoms with van der Waals surface area (Å²) >= 11 is 0. The molecular formula is C13H15FN2O. The normalized spacial score (nSPS) is 12.6. The van der Waals surface area contributed by atoms with Gasteiger partial charge in [0, 0.05) is 24.5 Å². The molecule has 0 aliphatic heterocycles. The van der Waals surface area contributed by atoms with E-state index in [9.17, 15) is 9.50 Å². The zero-order valence-electron chi connectivity index (χ0n) is 9.68. The highest BCUT2D eigenvalue weighted by Gasteiger charge is 2.12. The SMILES string of the molecule is Cn1nccc1CCC(O)c1ccccc1F. The Labute approximate surface area is 99.5 Å². The van der Waals surface area contributed by atoms with Crippen LogP contribution in [0, 0.1) is 5.82 Å². The largest absolute Gasteiger partial charge is 0.388 e.